The average Bonchev–Trinajstić information content (AvgIpc) is 2.75. The molecule has 0 atom stereocenters. The molecule has 0 fully saturated rings. The maximum atomic E-state index is 7.73. The van der Waals surface area contributed by atoms with Crippen LogP contribution in [0.15, 0.2) is 36.4 Å². The Labute approximate surface area is 109 Å². The highest BCUT2D eigenvalue weighted by atomic mass is 14.8. The lowest BCUT2D eigenvalue weighted by atomic mass is 10.0. The Balaban J connectivity index is 2.52. The normalized spacial score (nSPS) is 10.9. The number of hydrogen-bond donors (Lipinski definition) is 5. The Morgan fingerprint density at radius 2 is 1.63 bits per heavy atom. The fourth-order valence-electron chi connectivity index (χ4n) is 2.42. The second-order valence-electron chi connectivity index (χ2n) is 4.41. The smallest absolute Gasteiger partial charge is 0.125 e. The lowest BCUT2D eigenvalue weighted by Crippen LogP contribution is -2.21. The van der Waals surface area contributed by atoms with Gasteiger partial charge in [-0.2, -0.15) is 0 Å². The van der Waals surface area contributed by atoms with Crippen molar-refractivity contribution in [1.29, 1.82) is 10.8 Å². The van der Waals surface area contributed by atoms with Crippen molar-refractivity contribution < 1.29 is 0 Å². The molecule has 7 N–H and O–H groups in total. The van der Waals surface area contributed by atoms with Crippen molar-refractivity contribution in [2.45, 2.75) is 0 Å². The van der Waals surface area contributed by atoms with Gasteiger partial charge in [0.15, 0.2) is 0 Å². The van der Waals surface area contributed by atoms with Crippen LogP contribution in [0.3, 0.4) is 0 Å². The predicted molar refractivity (Wildman–Crippen MR) is 77.8 cm³/mol. The number of nitrogen functional groups attached to an aromatic ring is 2. The number of amidine groups is 2. The highest BCUT2D eigenvalue weighted by molar-refractivity contribution is 6.20. The summed E-state index contributed by atoms with van der Waals surface area (Å²) in [6.07, 6.45) is 0. The molecule has 5 nitrogen and oxygen atoms in total. The minimum absolute atomic E-state index is 0.0919. The quantitative estimate of drug-likeness (QED) is 0.353. The van der Waals surface area contributed by atoms with Crippen LogP contribution >= 0.6 is 0 Å². The second kappa shape index (κ2) is 3.84. The maximum absolute atomic E-state index is 7.73. The number of nitrogens with one attached hydrogen (secondary N) is 3. The van der Waals surface area contributed by atoms with E-state index in [1.165, 1.54) is 0 Å². The third-order valence-corrected chi connectivity index (χ3v) is 3.24. The summed E-state index contributed by atoms with van der Waals surface area (Å²) in [6.45, 7) is 0. The van der Waals surface area contributed by atoms with Crippen LogP contribution in [0.4, 0.5) is 0 Å². The van der Waals surface area contributed by atoms with Gasteiger partial charge in [0.25, 0.3) is 0 Å². The predicted octanol–water partition coefficient (Wildman–Crippen LogP) is 1.89. The number of benzene rings is 2. The summed E-state index contributed by atoms with van der Waals surface area (Å²) in [5.74, 6) is -0.187. The fraction of sp³-hybridized carbons (Fsp3) is 0. The van der Waals surface area contributed by atoms with Crippen molar-refractivity contribution in [2.24, 2.45) is 11.5 Å². The molecule has 0 aliphatic heterocycles. The Hall–Kier alpha value is -2.82. The highest BCUT2D eigenvalue weighted by Crippen LogP contribution is 2.29. The van der Waals surface area contributed by atoms with Gasteiger partial charge in [-0.15, -0.1) is 0 Å². The summed E-state index contributed by atoms with van der Waals surface area (Å²) >= 11 is 0. The standard InChI is InChI=1S/C14H13N5/c15-13(16)9-6-5-8-7-3-1-2-4-10(7)19-12(8)11(9)14(17)18/h1-6,19H,(H3,15,16)(H3,17,18). The molecule has 19 heavy (non-hydrogen) atoms. The van der Waals surface area contributed by atoms with Crippen LogP contribution in [-0.4, -0.2) is 16.7 Å². The zero-order chi connectivity index (χ0) is 13.6. The molecular weight excluding hydrogens is 238 g/mol. The molecule has 0 saturated carbocycles. The molecule has 94 valence electrons. The third-order valence-electron chi connectivity index (χ3n) is 3.24. The van der Waals surface area contributed by atoms with Crippen LogP contribution < -0.4 is 11.5 Å². The minimum atomic E-state index is -0.0950. The number of H-pyrrole nitrogens is 1. The van der Waals surface area contributed by atoms with Gasteiger partial charge in [-0.3, -0.25) is 10.8 Å². The zero-order valence-electron chi connectivity index (χ0n) is 10.1. The van der Waals surface area contributed by atoms with Gasteiger partial charge in [-0.1, -0.05) is 24.3 Å². The molecule has 5 heteroatoms. The van der Waals surface area contributed by atoms with E-state index in [0.29, 0.717) is 11.1 Å². The molecule has 2 aromatic carbocycles. The molecule has 0 spiro atoms. The molecule has 1 aromatic heterocycles. The molecule has 0 bridgehead atoms. The first kappa shape index (κ1) is 11.3. The molecular formula is C14H13N5. The van der Waals surface area contributed by atoms with Crippen molar-refractivity contribution in [1.82, 2.24) is 4.98 Å². The molecule has 3 aromatic rings. The second-order valence-corrected chi connectivity index (χ2v) is 4.41. The number of para-hydroxylation sites is 1. The van der Waals surface area contributed by atoms with Gasteiger partial charge in [0.05, 0.1) is 11.1 Å². The number of hydrogen-bond acceptors (Lipinski definition) is 2. The van der Waals surface area contributed by atoms with E-state index in [0.717, 1.165) is 21.8 Å². The zero-order valence-corrected chi connectivity index (χ0v) is 10.1. The Morgan fingerprint density at radius 3 is 2.32 bits per heavy atom. The van der Waals surface area contributed by atoms with Crippen LogP contribution in [0.5, 0.6) is 0 Å². The monoisotopic (exact) mass is 251 g/mol. The van der Waals surface area contributed by atoms with E-state index in [4.69, 9.17) is 22.3 Å². The van der Waals surface area contributed by atoms with Gasteiger partial charge >= 0.3 is 0 Å². The Kier molecular flexibility index (Phi) is 2.28. The van der Waals surface area contributed by atoms with Gasteiger partial charge < -0.3 is 16.5 Å². The van der Waals surface area contributed by atoms with Crippen molar-refractivity contribution in [2.75, 3.05) is 0 Å². The van der Waals surface area contributed by atoms with Gasteiger partial charge in [0.2, 0.25) is 0 Å². The number of aromatic nitrogens is 1. The van der Waals surface area contributed by atoms with E-state index in [1.54, 1.807) is 6.07 Å². The highest BCUT2D eigenvalue weighted by Gasteiger charge is 2.15. The number of nitrogens with two attached hydrogens (primary N) is 2. The van der Waals surface area contributed by atoms with Gasteiger partial charge in [0.1, 0.15) is 11.7 Å². The van der Waals surface area contributed by atoms with Crippen LogP contribution in [0.2, 0.25) is 0 Å². The van der Waals surface area contributed by atoms with Crippen molar-refractivity contribution >= 4 is 33.5 Å². The first-order valence-electron chi connectivity index (χ1n) is 5.82. The summed E-state index contributed by atoms with van der Waals surface area (Å²) in [5.41, 5.74) is 13.9. The molecule has 1 heterocycles. The van der Waals surface area contributed by atoms with Gasteiger partial charge in [0, 0.05) is 21.9 Å². The summed E-state index contributed by atoms with van der Waals surface area (Å²) in [5, 5.41) is 17.4. The summed E-state index contributed by atoms with van der Waals surface area (Å²) in [6, 6.07) is 11.5. The lowest BCUT2D eigenvalue weighted by Gasteiger charge is -2.08. The molecule has 0 unspecified atom stereocenters. The van der Waals surface area contributed by atoms with E-state index in [2.05, 4.69) is 4.98 Å². The molecule has 3 rings (SSSR count). The van der Waals surface area contributed by atoms with Crippen LogP contribution in [0.25, 0.3) is 21.8 Å². The topological polar surface area (TPSA) is 116 Å². The summed E-state index contributed by atoms with van der Waals surface area (Å²) in [4.78, 5) is 3.25. The molecule has 0 amide bonds. The SMILES string of the molecule is N=C(N)c1ccc2c([nH]c3ccccc32)c1C(=N)N. The summed E-state index contributed by atoms with van der Waals surface area (Å²) < 4.78 is 0. The van der Waals surface area contributed by atoms with Crippen molar-refractivity contribution in [3.8, 4) is 0 Å². The molecule has 0 aliphatic carbocycles. The van der Waals surface area contributed by atoms with Crippen LogP contribution in [0.1, 0.15) is 11.1 Å². The third kappa shape index (κ3) is 1.55. The van der Waals surface area contributed by atoms with Crippen molar-refractivity contribution in [3.63, 3.8) is 0 Å². The maximum Gasteiger partial charge on any atom is 0.125 e. The largest absolute Gasteiger partial charge is 0.384 e. The average molecular weight is 251 g/mol. The first-order valence-corrected chi connectivity index (χ1v) is 5.82. The summed E-state index contributed by atoms with van der Waals surface area (Å²) in [7, 11) is 0. The number of aromatic amines is 1. The van der Waals surface area contributed by atoms with Gasteiger partial charge in [-0.25, -0.2) is 0 Å². The van der Waals surface area contributed by atoms with E-state index in [1.807, 2.05) is 30.3 Å². The Morgan fingerprint density at radius 1 is 0.895 bits per heavy atom. The molecule has 0 radical (unpaired) electrons. The Bertz CT molecular complexity index is 828. The van der Waals surface area contributed by atoms with Crippen molar-refractivity contribution in [3.05, 3.63) is 47.5 Å². The number of rotatable bonds is 2. The van der Waals surface area contributed by atoms with E-state index < -0.39 is 0 Å². The van der Waals surface area contributed by atoms with Crippen LogP contribution in [-0.2, 0) is 0 Å². The van der Waals surface area contributed by atoms with E-state index >= 15 is 0 Å². The number of fused-ring (bicyclic) bond motifs is 3. The van der Waals surface area contributed by atoms with E-state index in [9.17, 15) is 0 Å². The van der Waals surface area contributed by atoms with E-state index in [-0.39, 0.29) is 11.7 Å². The van der Waals surface area contributed by atoms with Gasteiger partial charge in [-0.05, 0) is 12.1 Å². The first-order chi connectivity index (χ1) is 9.09. The molecule has 0 saturated heterocycles. The molecule has 0 aliphatic rings. The fourth-order valence-corrected chi connectivity index (χ4v) is 2.42. The minimum Gasteiger partial charge on any atom is -0.384 e. The lowest BCUT2D eigenvalue weighted by molar-refractivity contribution is 1.38. The van der Waals surface area contributed by atoms with Crippen LogP contribution in [0, 0.1) is 10.8 Å².